The zero-order valence-corrected chi connectivity index (χ0v) is 15.2. The monoisotopic (exact) mass is 373 g/mol. The van der Waals surface area contributed by atoms with E-state index in [2.05, 4.69) is 5.32 Å². The Morgan fingerprint density at radius 3 is 2.62 bits per heavy atom. The molecule has 2 amide bonds. The fraction of sp³-hybridized carbons (Fsp3) is 0.625. The molecule has 8 heteroatoms. The molecule has 134 valence electrons. The SMILES string of the molecule is Cl.O=C(CNCC1CCCO1)N1CCN(C(=O)c2cccs2)CC1. The molecule has 2 fully saturated rings. The number of hydrogen-bond donors (Lipinski definition) is 1. The van der Waals surface area contributed by atoms with Crippen LogP contribution >= 0.6 is 23.7 Å². The lowest BCUT2D eigenvalue weighted by Gasteiger charge is -2.34. The summed E-state index contributed by atoms with van der Waals surface area (Å²) in [6.07, 6.45) is 2.44. The fourth-order valence-electron chi connectivity index (χ4n) is 2.97. The smallest absolute Gasteiger partial charge is 0.264 e. The number of amides is 2. The van der Waals surface area contributed by atoms with Gasteiger partial charge in [0.1, 0.15) is 0 Å². The zero-order chi connectivity index (χ0) is 16.1. The Kier molecular flexibility index (Phi) is 7.48. The molecule has 1 aromatic rings. The molecule has 2 aliphatic heterocycles. The van der Waals surface area contributed by atoms with Crippen LogP contribution in [0.25, 0.3) is 0 Å². The Labute approximate surface area is 152 Å². The van der Waals surface area contributed by atoms with Gasteiger partial charge < -0.3 is 19.9 Å². The number of halogens is 1. The van der Waals surface area contributed by atoms with Crippen molar-refractivity contribution in [1.82, 2.24) is 15.1 Å². The van der Waals surface area contributed by atoms with E-state index in [1.165, 1.54) is 11.3 Å². The number of thiophene rings is 1. The largest absolute Gasteiger partial charge is 0.377 e. The Bertz CT molecular complexity index is 527. The lowest BCUT2D eigenvalue weighted by molar-refractivity contribution is -0.131. The minimum atomic E-state index is 0. The quantitative estimate of drug-likeness (QED) is 0.843. The normalized spacial score (nSPS) is 20.8. The Morgan fingerprint density at radius 2 is 2.00 bits per heavy atom. The van der Waals surface area contributed by atoms with Crippen LogP contribution in [0.15, 0.2) is 17.5 Å². The molecule has 0 radical (unpaired) electrons. The van der Waals surface area contributed by atoms with E-state index in [0.717, 1.165) is 30.9 Å². The molecule has 0 saturated carbocycles. The van der Waals surface area contributed by atoms with E-state index in [9.17, 15) is 9.59 Å². The van der Waals surface area contributed by atoms with Crippen LogP contribution in [0.5, 0.6) is 0 Å². The third-order valence-corrected chi connectivity index (χ3v) is 5.18. The minimum absolute atomic E-state index is 0. The molecule has 3 rings (SSSR count). The summed E-state index contributed by atoms with van der Waals surface area (Å²) >= 11 is 1.46. The molecule has 3 heterocycles. The Morgan fingerprint density at radius 1 is 1.25 bits per heavy atom. The molecule has 6 nitrogen and oxygen atoms in total. The predicted molar refractivity (Wildman–Crippen MR) is 95.9 cm³/mol. The lowest BCUT2D eigenvalue weighted by atomic mass is 10.2. The summed E-state index contributed by atoms with van der Waals surface area (Å²) in [6.45, 7) is 4.35. The van der Waals surface area contributed by atoms with Gasteiger partial charge in [-0.25, -0.2) is 0 Å². The van der Waals surface area contributed by atoms with Crippen molar-refractivity contribution in [3.8, 4) is 0 Å². The lowest BCUT2D eigenvalue weighted by Crippen LogP contribution is -2.52. The van der Waals surface area contributed by atoms with Gasteiger partial charge in [-0.15, -0.1) is 23.7 Å². The summed E-state index contributed by atoms with van der Waals surface area (Å²) in [6, 6.07) is 3.73. The number of nitrogens with one attached hydrogen (secondary N) is 1. The molecule has 1 unspecified atom stereocenters. The van der Waals surface area contributed by atoms with Crippen LogP contribution in [0.4, 0.5) is 0 Å². The molecule has 1 N–H and O–H groups in total. The van der Waals surface area contributed by atoms with Crippen LogP contribution < -0.4 is 5.32 Å². The summed E-state index contributed by atoms with van der Waals surface area (Å²) in [4.78, 5) is 28.9. The van der Waals surface area contributed by atoms with Gasteiger partial charge in [0.2, 0.25) is 5.91 Å². The molecule has 2 saturated heterocycles. The van der Waals surface area contributed by atoms with Crippen LogP contribution in [0.3, 0.4) is 0 Å². The van der Waals surface area contributed by atoms with E-state index in [-0.39, 0.29) is 30.3 Å². The van der Waals surface area contributed by atoms with Crippen LogP contribution in [0, 0.1) is 0 Å². The maximum Gasteiger partial charge on any atom is 0.264 e. The third-order valence-electron chi connectivity index (χ3n) is 4.32. The first-order valence-electron chi connectivity index (χ1n) is 8.17. The summed E-state index contributed by atoms with van der Waals surface area (Å²) in [5.74, 6) is 0.176. The number of carbonyl (C=O) groups excluding carboxylic acids is 2. The number of hydrogen-bond acceptors (Lipinski definition) is 5. The van der Waals surface area contributed by atoms with Gasteiger partial charge in [-0.05, 0) is 24.3 Å². The van der Waals surface area contributed by atoms with E-state index < -0.39 is 0 Å². The molecule has 0 aliphatic carbocycles. The van der Waals surface area contributed by atoms with Gasteiger partial charge in [-0.1, -0.05) is 6.07 Å². The van der Waals surface area contributed by atoms with Gasteiger partial charge in [0.15, 0.2) is 0 Å². The van der Waals surface area contributed by atoms with Crippen molar-refractivity contribution >= 4 is 35.6 Å². The highest BCUT2D eigenvalue weighted by Crippen LogP contribution is 2.14. The molecule has 1 aromatic heterocycles. The van der Waals surface area contributed by atoms with Crippen LogP contribution in [0.1, 0.15) is 22.5 Å². The summed E-state index contributed by atoms with van der Waals surface area (Å²) in [5, 5.41) is 5.10. The van der Waals surface area contributed by atoms with Crippen molar-refractivity contribution < 1.29 is 14.3 Å². The van der Waals surface area contributed by atoms with Crippen LogP contribution in [-0.2, 0) is 9.53 Å². The van der Waals surface area contributed by atoms with Gasteiger partial charge in [0.05, 0.1) is 17.5 Å². The highest BCUT2D eigenvalue weighted by atomic mass is 35.5. The summed E-state index contributed by atoms with van der Waals surface area (Å²) in [5.41, 5.74) is 0. The van der Waals surface area contributed by atoms with Crippen LogP contribution in [0.2, 0.25) is 0 Å². The topological polar surface area (TPSA) is 61.9 Å². The summed E-state index contributed by atoms with van der Waals surface area (Å²) in [7, 11) is 0. The first kappa shape index (κ1) is 19.2. The van der Waals surface area contributed by atoms with Gasteiger partial charge in [0.25, 0.3) is 5.91 Å². The van der Waals surface area contributed by atoms with Crippen LogP contribution in [-0.4, -0.2) is 73.6 Å². The molecule has 0 bridgehead atoms. The van der Waals surface area contributed by atoms with Gasteiger partial charge >= 0.3 is 0 Å². The predicted octanol–water partition coefficient (Wildman–Crippen LogP) is 1.22. The fourth-order valence-corrected chi connectivity index (χ4v) is 3.66. The zero-order valence-electron chi connectivity index (χ0n) is 13.6. The van der Waals surface area contributed by atoms with Gasteiger partial charge in [-0.3, -0.25) is 9.59 Å². The average molecular weight is 374 g/mol. The van der Waals surface area contributed by atoms with E-state index >= 15 is 0 Å². The van der Waals surface area contributed by atoms with Crippen molar-refractivity contribution in [1.29, 1.82) is 0 Å². The highest BCUT2D eigenvalue weighted by molar-refractivity contribution is 7.12. The third kappa shape index (κ3) is 4.92. The molecule has 0 aromatic carbocycles. The number of nitrogens with zero attached hydrogens (tertiary/aromatic N) is 2. The second-order valence-corrected chi connectivity index (χ2v) is 6.86. The number of carbonyl (C=O) groups is 2. The Hall–Kier alpha value is -1.15. The second-order valence-electron chi connectivity index (χ2n) is 5.92. The first-order valence-corrected chi connectivity index (χ1v) is 9.05. The standard InChI is InChI=1S/C16H23N3O3S.ClH/c20-15(12-17-11-13-3-1-9-22-13)18-5-7-19(8-6-18)16(21)14-4-2-10-23-14;/h2,4,10,13,17H,1,3,5-9,11-12H2;1H. The molecule has 24 heavy (non-hydrogen) atoms. The van der Waals surface area contributed by atoms with E-state index in [4.69, 9.17) is 4.74 Å². The maximum atomic E-state index is 12.3. The van der Waals surface area contributed by atoms with E-state index in [1.54, 1.807) is 0 Å². The number of piperazine rings is 1. The average Bonchev–Trinajstić information content (AvgIpc) is 3.28. The number of ether oxygens (including phenoxy) is 1. The number of rotatable bonds is 5. The van der Waals surface area contributed by atoms with E-state index in [0.29, 0.717) is 32.7 Å². The van der Waals surface area contributed by atoms with Crippen molar-refractivity contribution in [2.45, 2.75) is 18.9 Å². The molecule has 0 spiro atoms. The first-order chi connectivity index (χ1) is 11.2. The van der Waals surface area contributed by atoms with Crippen molar-refractivity contribution in [3.05, 3.63) is 22.4 Å². The van der Waals surface area contributed by atoms with Crippen molar-refractivity contribution in [2.24, 2.45) is 0 Å². The second kappa shape index (κ2) is 9.36. The minimum Gasteiger partial charge on any atom is -0.377 e. The van der Waals surface area contributed by atoms with Crippen molar-refractivity contribution in [3.63, 3.8) is 0 Å². The molecular formula is C16H24ClN3O3S. The maximum absolute atomic E-state index is 12.3. The molecule has 2 aliphatic rings. The van der Waals surface area contributed by atoms with Gasteiger partial charge in [0, 0.05) is 39.3 Å². The Balaban J connectivity index is 0.00000208. The van der Waals surface area contributed by atoms with Crippen molar-refractivity contribution in [2.75, 3.05) is 45.9 Å². The summed E-state index contributed by atoms with van der Waals surface area (Å²) < 4.78 is 5.53. The molecule has 1 atom stereocenters. The molecular weight excluding hydrogens is 350 g/mol. The van der Waals surface area contributed by atoms with Gasteiger partial charge in [-0.2, -0.15) is 0 Å². The highest BCUT2D eigenvalue weighted by Gasteiger charge is 2.25. The van der Waals surface area contributed by atoms with E-state index in [1.807, 2.05) is 27.3 Å².